The van der Waals surface area contributed by atoms with E-state index in [1.807, 2.05) is 24.3 Å². The molecule has 0 aromatic heterocycles. The minimum absolute atomic E-state index is 0.120. The standard InChI is InChI=1S/C15H18N2O4/c18-14(17-13-8-21-7-11(13)15(19)20)10-5-6-16-12-4-2-1-3-9(10)12/h1-4,10-11,13,16H,5-8H2,(H,17,18)(H,19,20). The van der Waals surface area contributed by atoms with Crippen LogP contribution in [0.25, 0.3) is 0 Å². The van der Waals surface area contributed by atoms with Crippen molar-refractivity contribution in [1.82, 2.24) is 5.32 Å². The van der Waals surface area contributed by atoms with Crippen LogP contribution in [0, 0.1) is 5.92 Å². The van der Waals surface area contributed by atoms with E-state index in [1.165, 1.54) is 0 Å². The molecule has 0 spiro atoms. The lowest BCUT2D eigenvalue weighted by atomic mass is 9.89. The van der Waals surface area contributed by atoms with Gasteiger partial charge in [0.2, 0.25) is 5.91 Å². The van der Waals surface area contributed by atoms with E-state index in [0.717, 1.165) is 17.8 Å². The summed E-state index contributed by atoms with van der Waals surface area (Å²) in [6.07, 6.45) is 0.703. The number of carboxylic acid groups (broad SMARTS) is 1. The van der Waals surface area contributed by atoms with Gasteiger partial charge >= 0.3 is 5.97 Å². The van der Waals surface area contributed by atoms with Crippen LogP contribution in [0.15, 0.2) is 24.3 Å². The number of para-hydroxylation sites is 1. The summed E-state index contributed by atoms with van der Waals surface area (Å²) >= 11 is 0. The number of fused-ring (bicyclic) bond motifs is 1. The van der Waals surface area contributed by atoms with E-state index in [4.69, 9.17) is 9.84 Å². The van der Waals surface area contributed by atoms with Gasteiger partial charge in [0.15, 0.2) is 0 Å². The number of hydrogen-bond acceptors (Lipinski definition) is 4. The number of carboxylic acids is 1. The van der Waals surface area contributed by atoms with Crippen molar-refractivity contribution in [2.45, 2.75) is 18.4 Å². The van der Waals surface area contributed by atoms with Gasteiger partial charge in [-0.2, -0.15) is 0 Å². The normalized spacial score (nSPS) is 27.5. The molecule has 0 bridgehead atoms. The number of ether oxygens (including phenoxy) is 1. The first-order valence-electron chi connectivity index (χ1n) is 7.10. The zero-order chi connectivity index (χ0) is 14.8. The second kappa shape index (κ2) is 5.73. The quantitative estimate of drug-likeness (QED) is 0.766. The molecule has 3 unspecified atom stereocenters. The van der Waals surface area contributed by atoms with Crippen LogP contribution in [-0.4, -0.2) is 42.8 Å². The molecule has 3 N–H and O–H groups in total. The lowest BCUT2D eigenvalue weighted by Gasteiger charge is -2.27. The molecule has 2 aliphatic heterocycles. The van der Waals surface area contributed by atoms with Crippen molar-refractivity contribution >= 4 is 17.6 Å². The monoisotopic (exact) mass is 290 g/mol. The molecule has 1 fully saturated rings. The van der Waals surface area contributed by atoms with Crippen LogP contribution in [0.4, 0.5) is 5.69 Å². The predicted molar refractivity (Wildman–Crippen MR) is 76.2 cm³/mol. The molecular formula is C15H18N2O4. The number of amides is 1. The minimum atomic E-state index is -0.927. The third-order valence-corrected chi connectivity index (χ3v) is 4.13. The molecule has 2 heterocycles. The molecule has 6 nitrogen and oxygen atoms in total. The number of anilines is 1. The van der Waals surface area contributed by atoms with E-state index in [0.29, 0.717) is 6.42 Å². The molecular weight excluding hydrogens is 272 g/mol. The molecule has 1 saturated heterocycles. The largest absolute Gasteiger partial charge is 0.481 e. The molecule has 6 heteroatoms. The Kier molecular flexibility index (Phi) is 3.79. The third kappa shape index (κ3) is 2.71. The summed E-state index contributed by atoms with van der Waals surface area (Å²) in [6, 6.07) is 7.28. The Morgan fingerprint density at radius 3 is 2.90 bits per heavy atom. The van der Waals surface area contributed by atoms with Crippen molar-refractivity contribution in [1.29, 1.82) is 0 Å². The summed E-state index contributed by atoms with van der Waals surface area (Å²) in [4.78, 5) is 23.6. The Labute approximate surface area is 122 Å². The Morgan fingerprint density at radius 1 is 1.29 bits per heavy atom. The van der Waals surface area contributed by atoms with Crippen molar-refractivity contribution < 1.29 is 19.4 Å². The van der Waals surface area contributed by atoms with Crippen LogP contribution in [0.1, 0.15) is 17.9 Å². The van der Waals surface area contributed by atoms with E-state index in [-0.39, 0.29) is 25.0 Å². The van der Waals surface area contributed by atoms with Crippen molar-refractivity contribution in [3.05, 3.63) is 29.8 Å². The fourth-order valence-electron chi connectivity index (χ4n) is 2.96. The molecule has 3 rings (SSSR count). The minimum Gasteiger partial charge on any atom is -0.481 e. The van der Waals surface area contributed by atoms with Crippen LogP contribution in [0.2, 0.25) is 0 Å². The Morgan fingerprint density at radius 2 is 2.10 bits per heavy atom. The fraction of sp³-hybridized carbons (Fsp3) is 0.467. The van der Waals surface area contributed by atoms with E-state index >= 15 is 0 Å². The summed E-state index contributed by atoms with van der Waals surface area (Å²) in [6.45, 7) is 1.15. The topological polar surface area (TPSA) is 87.7 Å². The average molecular weight is 290 g/mol. The van der Waals surface area contributed by atoms with Crippen LogP contribution < -0.4 is 10.6 Å². The zero-order valence-corrected chi connectivity index (χ0v) is 11.5. The molecule has 112 valence electrons. The van der Waals surface area contributed by atoms with Gasteiger partial charge in [0.1, 0.15) is 5.92 Å². The number of nitrogens with one attached hydrogen (secondary N) is 2. The van der Waals surface area contributed by atoms with E-state index in [1.54, 1.807) is 0 Å². The number of carbonyl (C=O) groups is 2. The number of hydrogen-bond donors (Lipinski definition) is 3. The van der Waals surface area contributed by atoms with Crippen LogP contribution in [0.5, 0.6) is 0 Å². The van der Waals surface area contributed by atoms with Gasteiger partial charge in [-0.15, -0.1) is 0 Å². The molecule has 1 aromatic carbocycles. The molecule has 2 aliphatic rings. The zero-order valence-electron chi connectivity index (χ0n) is 11.5. The molecule has 0 radical (unpaired) electrons. The Balaban J connectivity index is 1.73. The summed E-state index contributed by atoms with van der Waals surface area (Å²) in [5.74, 6) is -1.95. The van der Waals surface area contributed by atoms with E-state index < -0.39 is 17.9 Å². The first-order chi connectivity index (χ1) is 10.2. The summed E-state index contributed by atoms with van der Waals surface area (Å²) in [5, 5.41) is 15.2. The number of aliphatic carboxylic acids is 1. The number of benzene rings is 1. The molecule has 1 amide bonds. The van der Waals surface area contributed by atoms with Gasteiger partial charge in [0.25, 0.3) is 0 Å². The first-order valence-corrected chi connectivity index (χ1v) is 7.10. The van der Waals surface area contributed by atoms with Gasteiger partial charge in [-0.05, 0) is 18.1 Å². The van der Waals surface area contributed by atoms with E-state index in [9.17, 15) is 9.59 Å². The maximum atomic E-state index is 12.5. The van der Waals surface area contributed by atoms with Gasteiger partial charge in [0.05, 0.1) is 25.2 Å². The van der Waals surface area contributed by atoms with Gasteiger partial charge in [-0.25, -0.2) is 0 Å². The average Bonchev–Trinajstić information content (AvgIpc) is 2.95. The highest BCUT2D eigenvalue weighted by atomic mass is 16.5. The van der Waals surface area contributed by atoms with E-state index in [2.05, 4.69) is 10.6 Å². The lowest BCUT2D eigenvalue weighted by Crippen LogP contribution is -2.45. The highest BCUT2D eigenvalue weighted by Gasteiger charge is 2.37. The van der Waals surface area contributed by atoms with Crippen molar-refractivity contribution in [3.8, 4) is 0 Å². The molecule has 0 aliphatic carbocycles. The highest BCUT2D eigenvalue weighted by molar-refractivity contribution is 5.87. The fourth-order valence-corrected chi connectivity index (χ4v) is 2.96. The predicted octanol–water partition coefficient (Wildman–Crippen LogP) is 0.802. The van der Waals surface area contributed by atoms with Gasteiger partial charge in [-0.3, -0.25) is 9.59 Å². The summed E-state index contributed by atoms with van der Waals surface area (Å²) in [5.41, 5.74) is 1.94. The number of rotatable bonds is 3. The van der Waals surface area contributed by atoms with Crippen molar-refractivity contribution in [2.75, 3.05) is 25.1 Å². The number of carbonyl (C=O) groups excluding carboxylic acids is 1. The molecule has 0 saturated carbocycles. The Hall–Kier alpha value is -2.08. The molecule has 21 heavy (non-hydrogen) atoms. The SMILES string of the molecule is O=C(NC1COCC1C(=O)O)C1CCNc2ccccc21. The second-order valence-corrected chi connectivity index (χ2v) is 5.45. The van der Waals surface area contributed by atoms with Gasteiger partial charge in [-0.1, -0.05) is 18.2 Å². The molecule has 1 aromatic rings. The third-order valence-electron chi connectivity index (χ3n) is 4.13. The van der Waals surface area contributed by atoms with Gasteiger partial charge < -0.3 is 20.5 Å². The summed E-state index contributed by atoms with van der Waals surface area (Å²) in [7, 11) is 0. The van der Waals surface area contributed by atoms with Crippen LogP contribution >= 0.6 is 0 Å². The Bertz CT molecular complexity index is 560. The summed E-state index contributed by atoms with van der Waals surface area (Å²) < 4.78 is 5.18. The maximum Gasteiger partial charge on any atom is 0.311 e. The van der Waals surface area contributed by atoms with Crippen molar-refractivity contribution in [3.63, 3.8) is 0 Å². The van der Waals surface area contributed by atoms with Crippen LogP contribution in [0.3, 0.4) is 0 Å². The molecule has 3 atom stereocenters. The van der Waals surface area contributed by atoms with Gasteiger partial charge in [0, 0.05) is 12.2 Å². The highest BCUT2D eigenvalue weighted by Crippen LogP contribution is 2.31. The van der Waals surface area contributed by atoms with Crippen LogP contribution in [-0.2, 0) is 14.3 Å². The first kappa shape index (κ1) is 13.9. The lowest BCUT2D eigenvalue weighted by molar-refractivity contribution is -0.142. The smallest absolute Gasteiger partial charge is 0.311 e. The maximum absolute atomic E-state index is 12.5. The van der Waals surface area contributed by atoms with Crippen molar-refractivity contribution in [2.24, 2.45) is 5.92 Å². The second-order valence-electron chi connectivity index (χ2n) is 5.45.